The van der Waals surface area contributed by atoms with Gasteiger partial charge in [-0.05, 0) is 48.7 Å². The number of nitrogens with zero attached hydrogens (tertiary/aromatic N) is 5. The Hall–Kier alpha value is -3.24. The zero-order chi connectivity index (χ0) is 24.4. The van der Waals surface area contributed by atoms with Crippen molar-refractivity contribution < 1.29 is 14.3 Å². The van der Waals surface area contributed by atoms with E-state index in [9.17, 15) is 14.4 Å². The summed E-state index contributed by atoms with van der Waals surface area (Å²) < 4.78 is 7.14. The van der Waals surface area contributed by atoms with Crippen molar-refractivity contribution >= 4 is 33.4 Å². The van der Waals surface area contributed by atoms with Crippen molar-refractivity contribution in [1.82, 2.24) is 24.3 Å². The largest absolute Gasteiger partial charge is 0.497 e. The van der Waals surface area contributed by atoms with Gasteiger partial charge in [-0.15, -0.1) is 11.3 Å². The van der Waals surface area contributed by atoms with Crippen LogP contribution in [0.25, 0.3) is 20.7 Å². The second-order valence-electron chi connectivity index (χ2n) is 8.98. The van der Waals surface area contributed by atoms with Crippen LogP contribution < -0.4 is 10.3 Å². The van der Waals surface area contributed by atoms with E-state index in [-0.39, 0.29) is 23.9 Å². The fraction of sp³-hybridized carbons (Fsp3) is 0.440. The Morgan fingerprint density at radius 3 is 2.29 bits per heavy atom. The molecule has 2 aliphatic heterocycles. The lowest BCUT2D eigenvalue weighted by Gasteiger charge is -2.35. The number of benzene rings is 1. The molecule has 9 nitrogen and oxygen atoms in total. The SMILES string of the molecule is COc1ccc(-c2cc3ncn(CC(=O)N4CCN(CC(=O)N5CCCC5)CC4)c(=O)c3s2)cc1. The Morgan fingerprint density at radius 1 is 0.943 bits per heavy atom. The molecule has 10 heteroatoms. The fourth-order valence-electron chi connectivity index (χ4n) is 4.61. The third-order valence-electron chi connectivity index (χ3n) is 6.73. The molecule has 1 aromatic carbocycles. The van der Waals surface area contributed by atoms with Gasteiger partial charge in [-0.3, -0.25) is 23.9 Å². The molecular weight excluding hydrogens is 466 g/mol. The number of piperazine rings is 1. The molecule has 35 heavy (non-hydrogen) atoms. The molecule has 4 heterocycles. The lowest BCUT2D eigenvalue weighted by molar-refractivity contribution is -0.135. The number of carbonyl (C=O) groups is 2. The van der Waals surface area contributed by atoms with Gasteiger partial charge in [-0.2, -0.15) is 0 Å². The van der Waals surface area contributed by atoms with E-state index >= 15 is 0 Å². The van der Waals surface area contributed by atoms with Crippen LogP contribution >= 0.6 is 11.3 Å². The number of carbonyl (C=O) groups excluding carboxylic acids is 2. The van der Waals surface area contributed by atoms with Crippen LogP contribution in [0.5, 0.6) is 5.75 Å². The lowest BCUT2D eigenvalue weighted by atomic mass is 10.2. The number of fused-ring (bicyclic) bond motifs is 1. The van der Waals surface area contributed by atoms with Gasteiger partial charge in [-0.25, -0.2) is 4.98 Å². The normalized spacial score (nSPS) is 16.7. The number of methoxy groups -OCH3 is 1. The molecule has 0 atom stereocenters. The molecule has 0 bridgehead atoms. The van der Waals surface area contributed by atoms with Gasteiger partial charge >= 0.3 is 0 Å². The van der Waals surface area contributed by atoms with Gasteiger partial charge in [0.25, 0.3) is 5.56 Å². The maximum atomic E-state index is 13.1. The van der Waals surface area contributed by atoms with Gasteiger partial charge in [0.15, 0.2) is 0 Å². The summed E-state index contributed by atoms with van der Waals surface area (Å²) in [6, 6.07) is 9.56. The van der Waals surface area contributed by atoms with Crippen molar-refractivity contribution in [3.05, 3.63) is 47.0 Å². The number of amides is 2. The first-order chi connectivity index (χ1) is 17.0. The molecular formula is C25H29N5O4S. The van der Waals surface area contributed by atoms with Gasteiger partial charge in [0, 0.05) is 44.1 Å². The molecule has 0 spiro atoms. The highest BCUT2D eigenvalue weighted by molar-refractivity contribution is 7.22. The minimum absolute atomic E-state index is 0.0374. The van der Waals surface area contributed by atoms with E-state index in [4.69, 9.17) is 4.74 Å². The van der Waals surface area contributed by atoms with Gasteiger partial charge in [-0.1, -0.05) is 0 Å². The Balaban J connectivity index is 1.21. The maximum absolute atomic E-state index is 13.1. The predicted octanol–water partition coefficient (Wildman–Crippen LogP) is 1.90. The Kier molecular flexibility index (Phi) is 6.83. The first-order valence-corrected chi connectivity index (χ1v) is 12.7. The molecule has 0 radical (unpaired) electrons. The van der Waals surface area contributed by atoms with Crippen molar-refractivity contribution in [1.29, 1.82) is 0 Å². The highest BCUT2D eigenvalue weighted by atomic mass is 32.1. The number of rotatable bonds is 6. The predicted molar refractivity (Wildman–Crippen MR) is 135 cm³/mol. The van der Waals surface area contributed by atoms with Crippen LogP contribution in [0.15, 0.2) is 41.5 Å². The van der Waals surface area contributed by atoms with Gasteiger partial charge < -0.3 is 14.5 Å². The molecule has 2 amide bonds. The molecule has 2 fully saturated rings. The van der Waals surface area contributed by atoms with Gasteiger partial charge in [0.2, 0.25) is 11.8 Å². The Morgan fingerprint density at radius 2 is 1.60 bits per heavy atom. The summed E-state index contributed by atoms with van der Waals surface area (Å²) in [5.41, 5.74) is 1.41. The maximum Gasteiger partial charge on any atom is 0.271 e. The van der Waals surface area contributed by atoms with Crippen molar-refractivity contribution in [2.24, 2.45) is 0 Å². The second-order valence-corrected chi connectivity index (χ2v) is 10.0. The summed E-state index contributed by atoms with van der Waals surface area (Å²) in [6.07, 6.45) is 3.63. The minimum atomic E-state index is -0.206. The van der Waals surface area contributed by atoms with Crippen LogP contribution in [0, 0.1) is 0 Å². The summed E-state index contributed by atoms with van der Waals surface area (Å²) in [7, 11) is 1.62. The Bertz CT molecular complexity index is 1270. The van der Waals surface area contributed by atoms with Crippen molar-refractivity contribution in [3.8, 4) is 16.2 Å². The summed E-state index contributed by atoms with van der Waals surface area (Å²) >= 11 is 1.38. The first-order valence-electron chi connectivity index (χ1n) is 11.9. The molecule has 2 saturated heterocycles. The van der Waals surface area contributed by atoms with E-state index in [1.807, 2.05) is 35.2 Å². The third-order valence-corrected chi connectivity index (χ3v) is 7.89. The molecule has 0 N–H and O–H groups in total. The number of hydrogen-bond acceptors (Lipinski definition) is 7. The van der Waals surface area contributed by atoms with E-state index in [0.717, 1.165) is 42.1 Å². The molecule has 184 valence electrons. The highest BCUT2D eigenvalue weighted by Crippen LogP contribution is 2.31. The van der Waals surface area contributed by atoms with Gasteiger partial charge in [0.1, 0.15) is 17.0 Å². The van der Waals surface area contributed by atoms with Crippen LogP contribution in [-0.2, 0) is 16.1 Å². The number of ether oxygens (including phenoxy) is 1. The molecule has 5 rings (SSSR count). The average molecular weight is 496 g/mol. The van der Waals surface area contributed by atoms with Crippen molar-refractivity contribution in [2.45, 2.75) is 19.4 Å². The smallest absolute Gasteiger partial charge is 0.271 e. The summed E-state index contributed by atoms with van der Waals surface area (Å²) in [5.74, 6) is 0.844. The number of hydrogen-bond donors (Lipinski definition) is 0. The molecule has 2 aromatic heterocycles. The zero-order valence-electron chi connectivity index (χ0n) is 19.8. The van der Waals surface area contributed by atoms with Crippen LogP contribution in [0.3, 0.4) is 0 Å². The zero-order valence-corrected chi connectivity index (χ0v) is 20.6. The van der Waals surface area contributed by atoms with Crippen LogP contribution in [-0.4, -0.2) is 89.0 Å². The first kappa shape index (κ1) is 23.5. The van der Waals surface area contributed by atoms with Crippen LogP contribution in [0.4, 0.5) is 0 Å². The van der Waals surface area contributed by atoms with Crippen LogP contribution in [0.2, 0.25) is 0 Å². The van der Waals surface area contributed by atoms with Crippen LogP contribution in [0.1, 0.15) is 12.8 Å². The lowest BCUT2D eigenvalue weighted by Crippen LogP contribution is -2.52. The number of likely N-dealkylation sites (tertiary alicyclic amines) is 1. The van der Waals surface area contributed by atoms with E-state index in [2.05, 4.69) is 9.88 Å². The van der Waals surface area contributed by atoms with Gasteiger partial charge in [0.05, 0.1) is 25.5 Å². The molecule has 0 saturated carbocycles. The molecule has 0 unspecified atom stereocenters. The summed E-state index contributed by atoms with van der Waals surface area (Å²) in [6.45, 7) is 4.52. The van der Waals surface area contributed by atoms with Crippen molar-refractivity contribution in [2.75, 3.05) is 52.9 Å². The molecule has 3 aromatic rings. The minimum Gasteiger partial charge on any atom is -0.497 e. The highest BCUT2D eigenvalue weighted by Gasteiger charge is 2.25. The van der Waals surface area contributed by atoms with E-state index < -0.39 is 0 Å². The quantitative estimate of drug-likeness (QED) is 0.519. The van der Waals surface area contributed by atoms with E-state index in [1.165, 1.54) is 22.2 Å². The molecule has 0 aliphatic carbocycles. The standard InChI is InChI=1S/C25H29N5O4S/c1-34-19-6-4-18(5-7-19)21-14-20-24(35-21)25(33)30(17-26-20)16-23(32)29-12-10-27(11-13-29)15-22(31)28-8-2-3-9-28/h4-7,14,17H,2-3,8-13,15-16H2,1H3. The topological polar surface area (TPSA) is 88.0 Å². The van der Waals surface area contributed by atoms with Crippen molar-refractivity contribution in [3.63, 3.8) is 0 Å². The summed E-state index contributed by atoms with van der Waals surface area (Å²) in [5, 5.41) is 0. The third kappa shape index (κ3) is 5.08. The van der Waals surface area contributed by atoms with E-state index in [0.29, 0.717) is 42.9 Å². The average Bonchev–Trinajstić information content (AvgIpc) is 3.57. The fourth-order valence-corrected chi connectivity index (χ4v) is 5.68. The number of aromatic nitrogens is 2. The Labute approximate surface area is 207 Å². The van der Waals surface area contributed by atoms with E-state index in [1.54, 1.807) is 12.0 Å². The molecule has 2 aliphatic rings. The summed E-state index contributed by atoms with van der Waals surface area (Å²) in [4.78, 5) is 49.6. The second kappa shape index (κ2) is 10.2. The number of thiophene rings is 1. The monoisotopic (exact) mass is 495 g/mol.